The van der Waals surface area contributed by atoms with E-state index in [1.165, 1.54) is 11.3 Å². The maximum absolute atomic E-state index is 12.3. The van der Waals surface area contributed by atoms with Gasteiger partial charge in [-0.3, -0.25) is 14.5 Å². The summed E-state index contributed by atoms with van der Waals surface area (Å²) in [6.07, 6.45) is 3.33. The van der Waals surface area contributed by atoms with Crippen LogP contribution in [0, 0.1) is 0 Å². The van der Waals surface area contributed by atoms with E-state index in [-0.39, 0.29) is 4.32 Å². The number of ether oxygens (including phenoxy) is 2. The molecule has 3 rings (SSSR count). The zero-order valence-corrected chi connectivity index (χ0v) is 16.7. The van der Waals surface area contributed by atoms with Crippen LogP contribution in [0.25, 0.3) is 16.5 Å². The van der Waals surface area contributed by atoms with Crippen molar-refractivity contribution >= 4 is 57.6 Å². The van der Waals surface area contributed by atoms with E-state index in [1.807, 2.05) is 18.2 Å². The normalized spacial score (nSPS) is 15.5. The summed E-state index contributed by atoms with van der Waals surface area (Å²) < 4.78 is 10.8. The first-order valence-electron chi connectivity index (χ1n) is 7.58. The molecule has 1 saturated heterocycles. The average molecular weight is 423 g/mol. The number of thiocarbonyl (C=S) groups is 1. The molecule has 1 aliphatic rings. The summed E-state index contributed by atoms with van der Waals surface area (Å²) in [5.74, 6) is -0.291. The number of benzene rings is 1. The molecule has 1 amide bonds. The van der Waals surface area contributed by atoms with Crippen LogP contribution >= 0.6 is 35.3 Å². The Kier molecular flexibility index (Phi) is 5.78. The van der Waals surface area contributed by atoms with Crippen molar-refractivity contribution in [3.63, 3.8) is 0 Å². The lowest BCUT2D eigenvalue weighted by molar-refractivity contribution is -0.140. The average Bonchev–Trinajstić information content (AvgIpc) is 3.21. The molecular formula is C17H14N2O5S3. The highest BCUT2D eigenvalue weighted by molar-refractivity contribution is 8.26. The minimum atomic E-state index is -1.11. The molecule has 1 N–H and O–H groups in total. The number of carboxylic acid groups (broad SMARTS) is 1. The number of aliphatic carboxylic acids is 1. The van der Waals surface area contributed by atoms with E-state index in [2.05, 4.69) is 4.98 Å². The zero-order valence-electron chi connectivity index (χ0n) is 14.3. The molecule has 1 aromatic heterocycles. The van der Waals surface area contributed by atoms with Gasteiger partial charge >= 0.3 is 5.97 Å². The van der Waals surface area contributed by atoms with Crippen molar-refractivity contribution in [1.82, 2.24) is 9.88 Å². The standard InChI is InChI=1S/C17H14N2O5S3/c1-23-10-4-3-9(5-11(10)24-2)13-7-18-14(26-13)6-12-16(22)19(8-15(20)21)17(25)27-12/h3-7H,8H2,1-2H3,(H,20,21)/b12-6-. The second kappa shape index (κ2) is 8.07. The van der Waals surface area contributed by atoms with Crippen molar-refractivity contribution in [1.29, 1.82) is 0 Å². The van der Waals surface area contributed by atoms with Gasteiger partial charge in [-0.1, -0.05) is 24.0 Å². The van der Waals surface area contributed by atoms with E-state index in [4.69, 9.17) is 26.8 Å². The molecule has 27 heavy (non-hydrogen) atoms. The van der Waals surface area contributed by atoms with E-state index in [9.17, 15) is 9.59 Å². The highest BCUT2D eigenvalue weighted by Crippen LogP contribution is 2.37. The number of amides is 1. The molecule has 2 heterocycles. The van der Waals surface area contributed by atoms with Gasteiger partial charge in [-0.25, -0.2) is 4.98 Å². The number of thioether (sulfide) groups is 1. The van der Waals surface area contributed by atoms with Gasteiger partial charge < -0.3 is 14.6 Å². The topological polar surface area (TPSA) is 89.0 Å². The number of hydrogen-bond acceptors (Lipinski definition) is 8. The number of carboxylic acids is 1. The second-order valence-corrected chi connectivity index (χ2v) is 8.03. The molecule has 1 fully saturated rings. The molecule has 1 aromatic carbocycles. The van der Waals surface area contributed by atoms with E-state index in [0.29, 0.717) is 21.4 Å². The Morgan fingerprint density at radius 2 is 2.07 bits per heavy atom. The van der Waals surface area contributed by atoms with Crippen LogP contribution in [-0.2, 0) is 9.59 Å². The van der Waals surface area contributed by atoms with Crippen molar-refractivity contribution in [3.8, 4) is 21.9 Å². The van der Waals surface area contributed by atoms with Crippen LogP contribution in [0.2, 0.25) is 0 Å². The van der Waals surface area contributed by atoms with Crippen LogP contribution in [-0.4, -0.2) is 52.0 Å². The molecule has 0 aliphatic carbocycles. The van der Waals surface area contributed by atoms with E-state index < -0.39 is 18.4 Å². The molecule has 0 spiro atoms. The van der Waals surface area contributed by atoms with Gasteiger partial charge in [0.2, 0.25) is 0 Å². The summed E-state index contributed by atoms with van der Waals surface area (Å²) in [4.78, 5) is 29.8. The summed E-state index contributed by atoms with van der Waals surface area (Å²) >= 11 is 7.55. The van der Waals surface area contributed by atoms with Gasteiger partial charge in [-0.2, -0.15) is 0 Å². The smallest absolute Gasteiger partial charge is 0.323 e. The molecule has 0 atom stereocenters. The van der Waals surface area contributed by atoms with Crippen LogP contribution in [0.5, 0.6) is 11.5 Å². The number of carbonyl (C=O) groups excluding carboxylic acids is 1. The maximum atomic E-state index is 12.3. The Morgan fingerprint density at radius 1 is 1.33 bits per heavy atom. The molecule has 0 bridgehead atoms. The van der Waals surface area contributed by atoms with Crippen LogP contribution < -0.4 is 9.47 Å². The molecule has 0 saturated carbocycles. The van der Waals surface area contributed by atoms with Gasteiger partial charge in [0.25, 0.3) is 5.91 Å². The predicted molar refractivity (Wildman–Crippen MR) is 108 cm³/mol. The third-order valence-corrected chi connectivity index (χ3v) is 5.98. The van der Waals surface area contributed by atoms with Crippen molar-refractivity contribution in [2.24, 2.45) is 0 Å². The predicted octanol–water partition coefficient (Wildman–Crippen LogP) is 3.11. The van der Waals surface area contributed by atoms with Crippen LogP contribution in [0.15, 0.2) is 29.3 Å². The van der Waals surface area contributed by atoms with Crippen LogP contribution in [0.4, 0.5) is 0 Å². The maximum Gasteiger partial charge on any atom is 0.323 e. The van der Waals surface area contributed by atoms with Gasteiger partial charge in [-0.05, 0) is 29.8 Å². The SMILES string of the molecule is COc1ccc(-c2cnc(/C=C3\SC(=S)N(CC(=O)O)C3=O)s2)cc1OC. The van der Waals surface area contributed by atoms with Gasteiger partial charge in [0.1, 0.15) is 15.9 Å². The fraction of sp³-hybridized carbons (Fsp3) is 0.176. The van der Waals surface area contributed by atoms with E-state index in [1.54, 1.807) is 26.5 Å². The summed E-state index contributed by atoms with van der Waals surface area (Å²) in [6.45, 7) is -0.448. The van der Waals surface area contributed by atoms with Crippen molar-refractivity contribution in [2.75, 3.05) is 20.8 Å². The molecule has 0 unspecified atom stereocenters. The largest absolute Gasteiger partial charge is 0.493 e. The number of carbonyl (C=O) groups is 2. The summed E-state index contributed by atoms with van der Waals surface area (Å²) in [6, 6.07) is 5.55. The highest BCUT2D eigenvalue weighted by Gasteiger charge is 2.33. The Hall–Kier alpha value is -2.43. The zero-order chi connectivity index (χ0) is 19.6. The minimum absolute atomic E-state index is 0.227. The quantitative estimate of drug-likeness (QED) is 0.561. The summed E-state index contributed by atoms with van der Waals surface area (Å²) in [5, 5.41) is 9.50. The Labute approximate surface area is 168 Å². The fourth-order valence-electron chi connectivity index (χ4n) is 2.36. The third-order valence-electron chi connectivity index (χ3n) is 3.61. The number of methoxy groups -OCH3 is 2. The first-order valence-corrected chi connectivity index (χ1v) is 9.62. The number of rotatable bonds is 6. The lowest BCUT2D eigenvalue weighted by Gasteiger charge is -2.09. The third kappa shape index (κ3) is 4.12. The van der Waals surface area contributed by atoms with Gasteiger partial charge in [0.15, 0.2) is 11.5 Å². The van der Waals surface area contributed by atoms with Crippen molar-refractivity contribution < 1.29 is 24.2 Å². The van der Waals surface area contributed by atoms with Gasteiger partial charge in [-0.15, -0.1) is 11.3 Å². The molecule has 7 nitrogen and oxygen atoms in total. The molecule has 10 heteroatoms. The Balaban J connectivity index is 1.84. The minimum Gasteiger partial charge on any atom is -0.493 e. The van der Waals surface area contributed by atoms with Gasteiger partial charge in [0, 0.05) is 6.20 Å². The second-order valence-electron chi connectivity index (χ2n) is 5.29. The fourth-order valence-corrected chi connectivity index (χ4v) is 4.52. The first kappa shape index (κ1) is 19.3. The van der Waals surface area contributed by atoms with Crippen molar-refractivity contribution in [3.05, 3.63) is 34.3 Å². The van der Waals surface area contributed by atoms with E-state index >= 15 is 0 Å². The monoisotopic (exact) mass is 422 g/mol. The number of hydrogen-bond donors (Lipinski definition) is 1. The summed E-state index contributed by atoms with van der Waals surface area (Å²) in [5.41, 5.74) is 0.906. The Morgan fingerprint density at radius 3 is 2.74 bits per heavy atom. The molecule has 140 valence electrons. The lowest BCUT2D eigenvalue weighted by atomic mass is 10.2. The molecule has 1 aliphatic heterocycles. The number of nitrogens with zero attached hydrogens (tertiary/aromatic N) is 2. The lowest BCUT2D eigenvalue weighted by Crippen LogP contribution is -2.33. The summed E-state index contributed by atoms with van der Waals surface area (Å²) in [7, 11) is 3.14. The van der Waals surface area contributed by atoms with Crippen LogP contribution in [0.3, 0.4) is 0 Å². The molecule has 2 aromatic rings. The van der Waals surface area contributed by atoms with Crippen LogP contribution in [0.1, 0.15) is 5.01 Å². The number of aromatic nitrogens is 1. The first-order chi connectivity index (χ1) is 12.9. The molecular weight excluding hydrogens is 408 g/mol. The highest BCUT2D eigenvalue weighted by atomic mass is 32.2. The number of thiazole rings is 1. The van der Waals surface area contributed by atoms with Crippen molar-refractivity contribution in [2.45, 2.75) is 0 Å². The van der Waals surface area contributed by atoms with Gasteiger partial charge in [0.05, 0.1) is 24.0 Å². The Bertz CT molecular complexity index is 954. The van der Waals surface area contributed by atoms with E-state index in [0.717, 1.165) is 27.1 Å². The molecule has 0 radical (unpaired) electrons.